The van der Waals surface area contributed by atoms with Gasteiger partial charge in [0.2, 0.25) is 0 Å². The van der Waals surface area contributed by atoms with Crippen molar-refractivity contribution in [3.8, 4) is 0 Å². The fourth-order valence-electron chi connectivity index (χ4n) is 2.87. The van der Waals surface area contributed by atoms with Crippen LogP contribution in [0.2, 0.25) is 0 Å². The van der Waals surface area contributed by atoms with Crippen LogP contribution in [0, 0.1) is 12.8 Å². The first-order valence-corrected chi connectivity index (χ1v) is 6.53. The Bertz CT molecular complexity index is 396. The fraction of sp³-hybridized carbons (Fsp3) is 0.769. The van der Waals surface area contributed by atoms with Gasteiger partial charge < -0.3 is 10.6 Å². The van der Waals surface area contributed by atoms with Crippen molar-refractivity contribution >= 4 is 5.82 Å². The van der Waals surface area contributed by atoms with Crippen molar-refractivity contribution in [1.29, 1.82) is 0 Å². The second-order valence-corrected chi connectivity index (χ2v) is 5.40. The molecule has 4 nitrogen and oxygen atoms in total. The maximum atomic E-state index is 5.87. The molecule has 2 heterocycles. The van der Waals surface area contributed by atoms with Crippen LogP contribution in [-0.4, -0.2) is 22.4 Å². The molecular weight excluding hydrogens is 212 g/mol. The van der Waals surface area contributed by atoms with Gasteiger partial charge in [0.25, 0.3) is 0 Å². The quantitative estimate of drug-likeness (QED) is 0.852. The average molecular weight is 236 g/mol. The van der Waals surface area contributed by atoms with Gasteiger partial charge in [0.05, 0.1) is 5.69 Å². The second kappa shape index (κ2) is 4.69. The summed E-state index contributed by atoms with van der Waals surface area (Å²) in [7, 11) is 2.02. The van der Waals surface area contributed by atoms with Gasteiger partial charge in [0.15, 0.2) is 0 Å². The van der Waals surface area contributed by atoms with E-state index in [9.17, 15) is 0 Å². The normalized spacial score (nSPS) is 25.4. The third-order valence-electron chi connectivity index (χ3n) is 3.91. The van der Waals surface area contributed by atoms with E-state index in [1.807, 2.05) is 18.7 Å². The number of nitrogens with zero attached hydrogens (tertiary/aromatic N) is 3. The van der Waals surface area contributed by atoms with Crippen molar-refractivity contribution in [2.24, 2.45) is 18.7 Å². The number of piperidine rings is 1. The fourth-order valence-corrected chi connectivity index (χ4v) is 2.87. The van der Waals surface area contributed by atoms with Crippen molar-refractivity contribution in [2.45, 2.75) is 46.2 Å². The minimum Gasteiger partial charge on any atom is -0.354 e. The van der Waals surface area contributed by atoms with E-state index in [0.717, 1.165) is 18.2 Å². The van der Waals surface area contributed by atoms with E-state index in [2.05, 4.69) is 23.8 Å². The third-order valence-corrected chi connectivity index (χ3v) is 3.91. The lowest BCUT2D eigenvalue weighted by Crippen LogP contribution is -2.42. The molecule has 2 N–H and O–H groups in total. The molecule has 1 aliphatic heterocycles. The predicted molar refractivity (Wildman–Crippen MR) is 71.0 cm³/mol. The molecule has 1 aromatic heterocycles. The molecule has 1 saturated heterocycles. The average Bonchev–Trinajstić information content (AvgIpc) is 2.56. The maximum absolute atomic E-state index is 5.87. The van der Waals surface area contributed by atoms with Crippen LogP contribution in [0.3, 0.4) is 0 Å². The lowest BCUT2D eigenvalue weighted by Gasteiger charge is -2.38. The zero-order chi connectivity index (χ0) is 12.6. The number of aromatic nitrogens is 2. The molecule has 96 valence electrons. The van der Waals surface area contributed by atoms with Crippen LogP contribution in [0.4, 0.5) is 5.82 Å². The molecule has 0 aromatic carbocycles. The highest BCUT2D eigenvalue weighted by molar-refractivity contribution is 5.51. The van der Waals surface area contributed by atoms with E-state index < -0.39 is 0 Å². The molecular formula is C13H24N4. The summed E-state index contributed by atoms with van der Waals surface area (Å²) in [4.78, 5) is 2.48. The van der Waals surface area contributed by atoms with Gasteiger partial charge in [0, 0.05) is 31.7 Å². The number of anilines is 1. The van der Waals surface area contributed by atoms with Gasteiger partial charge in [-0.1, -0.05) is 6.92 Å². The number of hydrogen-bond acceptors (Lipinski definition) is 3. The molecule has 17 heavy (non-hydrogen) atoms. The Morgan fingerprint density at radius 1 is 1.35 bits per heavy atom. The van der Waals surface area contributed by atoms with Crippen LogP contribution in [-0.2, 0) is 13.6 Å². The Hall–Kier alpha value is -1.03. The summed E-state index contributed by atoms with van der Waals surface area (Å²) < 4.78 is 1.99. The summed E-state index contributed by atoms with van der Waals surface area (Å²) in [5.41, 5.74) is 8.14. The molecule has 1 aliphatic rings. The van der Waals surface area contributed by atoms with Gasteiger partial charge in [-0.2, -0.15) is 5.10 Å². The van der Waals surface area contributed by atoms with Gasteiger partial charge in [0.1, 0.15) is 5.82 Å². The number of hydrogen-bond donors (Lipinski definition) is 1. The highest BCUT2D eigenvalue weighted by Crippen LogP contribution is 2.30. The SMILES string of the molecule is Cc1nn(C)c(N2CC(C)CCC2C)c1CN. The summed E-state index contributed by atoms with van der Waals surface area (Å²) in [6.45, 7) is 8.36. The number of aryl methyl sites for hydroxylation is 2. The van der Waals surface area contributed by atoms with Crippen molar-refractivity contribution in [3.05, 3.63) is 11.3 Å². The lowest BCUT2D eigenvalue weighted by molar-refractivity contribution is 0.384. The molecule has 4 heteroatoms. The first-order chi connectivity index (χ1) is 8.04. The third kappa shape index (κ3) is 2.18. The van der Waals surface area contributed by atoms with Crippen molar-refractivity contribution < 1.29 is 0 Å². The maximum Gasteiger partial charge on any atom is 0.131 e. The molecule has 1 aromatic rings. The second-order valence-electron chi connectivity index (χ2n) is 5.40. The summed E-state index contributed by atoms with van der Waals surface area (Å²) in [5, 5.41) is 4.51. The molecule has 0 saturated carbocycles. The minimum absolute atomic E-state index is 0.576. The van der Waals surface area contributed by atoms with Crippen LogP contribution in [0.25, 0.3) is 0 Å². The largest absolute Gasteiger partial charge is 0.354 e. The van der Waals surface area contributed by atoms with Gasteiger partial charge in [-0.05, 0) is 32.6 Å². The highest BCUT2D eigenvalue weighted by Gasteiger charge is 2.27. The van der Waals surface area contributed by atoms with E-state index in [4.69, 9.17) is 5.73 Å². The van der Waals surface area contributed by atoms with E-state index in [1.165, 1.54) is 24.2 Å². The van der Waals surface area contributed by atoms with Gasteiger partial charge in [-0.15, -0.1) is 0 Å². The minimum atomic E-state index is 0.576. The molecule has 0 amide bonds. The Morgan fingerprint density at radius 2 is 2.06 bits per heavy atom. The smallest absolute Gasteiger partial charge is 0.131 e. The van der Waals surface area contributed by atoms with E-state index in [0.29, 0.717) is 12.6 Å². The molecule has 2 atom stereocenters. The first-order valence-electron chi connectivity index (χ1n) is 6.53. The van der Waals surface area contributed by atoms with Gasteiger partial charge in [-0.25, -0.2) is 0 Å². The molecule has 0 bridgehead atoms. The molecule has 0 spiro atoms. The highest BCUT2D eigenvalue weighted by atomic mass is 15.4. The van der Waals surface area contributed by atoms with E-state index in [1.54, 1.807) is 0 Å². The van der Waals surface area contributed by atoms with E-state index in [-0.39, 0.29) is 0 Å². The molecule has 0 aliphatic carbocycles. The first kappa shape index (κ1) is 12.4. The number of nitrogens with two attached hydrogens (primary N) is 1. The van der Waals surface area contributed by atoms with Crippen molar-refractivity contribution in [2.75, 3.05) is 11.4 Å². The van der Waals surface area contributed by atoms with E-state index >= 15 is 0 Å². The topological polar surface area (TPSA) is 47.1 Å². The molecule has 2 rings (SSSR count). The summed E-state index contributed by atoms with van der Waals surface area (Å²) in [6, 6.07) is 0.589. The zero-order valence-electron chi connectivity index (χ0n) is 11.4. The predicted octanol–water partition coefficient (Wildman–Crippen LogP) is 1.81. The molecule has 2 unspecified atom stereocenters. The Balaban J connectivity index is 2.37. The Morgan fingerprint density at radius 3 is 2.71 bits per heavy atom. The van der Waals surface area contributed by atoms with Gasteiger partial charge >= 0.3 is 0 Å². The standard InChI is InChI=1S/C13H24N4/c1-9-5-6-10(2)17(8-9)13-12(7-14)11(3)15-16(13)4/h9-10H,5-8,14H2,1-4H3. The Labute approximate surface area is 104 Å². The lowest BCUT2D eigenvalue weighted by atomic mass is 9.94. The Kier molecular flexibility index (Phi) is 3.43. The van der Waals surface area contributed by atoms with Crippen LogP contribution in [0.5, 0.6) is 0 Å². The van der Waals surface area contributed by atoms with Crippen LogP contribution >= 0.6 is 0 Å². The van der Waals surface area contributed by atoms with Crippen LogP contribution in [0.15, 0.2) is 0 Å². The summed E-state index contributed by atoms with van der Waals surface area (Å²) >= 11 is 0. The van der Waals surface area contributed by atoms with Crippen LogP contribution in [0.1, 0.15) is 37.9 Å². The zero-order valence-corrected chi connectivity index (χ0v) is 11.4. The van der Waals surface area contributed by atoms with Crippen LogP contribution < -0.4 is 10.6 Å². The molecule has 0 radical (unpaired) electrons. The van der Waals surface area contributed by atoms with Gasteiger partial charge in [-0.3, -0.25) is 4.68 Å². The summed E-state index contributed by atoms with van der Waals surface area (Å²) in [5.74, 6) is 1.98. The monoisotopic (exact) mass is 236 g/mol. The number of rotatable bonds is 2. The van der Waals surface area contributed by atoms with Crippen molar-refractivity contribution in [3.63, 3.8) is 0 Å². The van der Waals surface area contributed by atoms with Crippen molar-refractivity contribution in [1.82, 2.24) is 9.78 Å². The summed E-state index contributed by atoms with van der Waals surface area (Å²) in [6.07, 6.45) is 2.59. The molecule has 1 fully saturated rings.